The largest absolute Gasteiger partial charge is 0.355 e. The first-order valence-electron chi connectivity index (χ1n) is 13.9. The number of carbonyl (C=O) groups excluding carboxylic acids is 1. The van der Waals surface area contributed by atoms with E-state index in [2.05, 4.69) is 56.2 Å². The summed E-state index contributed by atoms with van der Waals surface area (Å²) in [7, 11) is 0. The molecule has 6 nitrogen and oxygen atoms in total. The van der Waals surface area contributed by atoms with E-state index in [4.69, 9.17) is 16.9 Å². The van der Waals surface area contributed by atoms with E-state index in [1.165, 1.54) is 5.56 Å². The standard InChI is InChI=1S/C33H34ClN5O/c34-32-11-5-4-10-30(32)31(27-7-2-1-3-8-27)23-38-18-6-9-28(22-38)33(40)37-17-16-29-20-36-24-39(29)21-26-14-12-25(19-35)13-15-26/h1-5,7-8,10-15,20,24,28,31H,6,9,16-18,21-23H2,(H,37,40). The summed E-state index contributed by atoms with van der Waals surface area (Å²) in [5.41, 5.74) is 5.19. The molecule has 0 bridgehead atoms. The number of piperidine rings is 1. The summed E-state index contributed by atoms with van der Waals surface area (Å²) in [4.78, 5) is 19.9. The maximum absolute atomic E-state index is 13.2. The lowest BCUT2D eigenvalue weighted by Gasteiger charge is -2.35. The van der Waals surface area contributed by atoms with Crippen LogP contribution in [0.5, 0.6) is 0 Å². The summed E-state index contributed by atoms with van der Waals surface area (Å²) in [6.07, 6.45) is 6.29. The fraction of sp³-hybridized carbons (Fsp3) is 0.303. The van der Waals surface area contributed by atoms with Crippen molar-refractivity contribution >= 4 is 17.5 Å². The molecule has 1 aliphatic rings. The van der Waals surface area contributed by atoms with Crippen LogP contribution in [0.4, 0.5) is 0 Å². The highest BCUT2D eigenvalue weighted by Gasteiger charge is 2.28. The van der Waals surface area contributed by atoms with E-state index in [0.29, 0.717) is 25.1 Å². The molecule has 1 N–H and O–H groups in total. The highest BCUT2D eigenvalue weighted by molar-refractivity contribution is 6.31. The van der Waals surface area contributed by atoms with Gasteiger partial charge in [0.1, 0.15) is 0 Å². The topological polar surface area (TPSA) is 74.0 Å². The molecular formula is C33H34ClN5O. The molecule has 204 valence electrons. The van der Waals surface area contributed by atoms with Crippen LogP contribution in [0, 0.1) is 17.2 Å². The van der Waals surface area contributed by atoms with Gasteiger partial charge >= 0.3 is 0 Å². The van der Waals surface area contributed by atoms with E-state index < -0.39 is 0 Å². The number of aromatic nitrogens is 2. The second-order valence-electron chi connectivity index (χ2n) is 10.4. The highest BCUT2D eigenvalue weighted by Crippen LogP contribution is 2.32. The second kappa shape index (κ2) is 13.4. The van der Waals surface area contributed by atoms with Gasteiger partial charge in [-0.15, -0.1) is 0 Å². The number of likely N-dealkylation sites (tertiary alicyclic amines) is 1. The van der Waals surface area contributed by atoms with Gasteiger partial charge in [0, 0.05) is 55.4 Å². The van der Waals surface area contributed by atoms with Gasteiger partial charge in [0.25, 0.3) is 0 Å². The van der Waals surface area contributed by atoms with Gasteiger partial charge in [-0.2, -0.15) is 5.26 Å². The van der Waals surface area contributed by atoms with Gasteiger partial charge in [0.2, 0.25) is 5.91 Å². The van der Waals surface area contributed by atoms with Crippen molar-refractivity contribution in [2.45, 2.75) is 31.7 Å². The first-order chi connectivity index (χ1) is 19.6. The zero-order valence-electron chi connectivity index (χ0n) is 22.5. The number of carbonyl (C=O) groups is 1. The molecule has 4 aromatic rings. The first kappa shape index (κ1) is 27.6. The maximum Gasteiger partial charge on any atom is 0.224 e. The predicted molar refractivity (Wildman–Crippen MR) is 158 cm³/mol. The smallest absolute Gasteiger partial charge is 0.224 e. The molecule has 0 saturated carbocycles. The lowest BCUT2D eigenvalue weighted by molar-refractivity contribution is -0.126. The molecule has 0 aliphatic carbocycles. The SMILES string of the molecule is N#Cc1ccc(Cn2cncc2CCNC(=O)C2CCCN(CC(c3ccccc3)c3ccccc3Cl)C2)cc1. The average molecular weight is 552 g/mol. The normalized spacial score (nSPS) is 16.2. The number of hydrogen-bond acceptors (Lipinski definition) is 4. The number of amides is 1. The molecule has 40 heavy (non-hydrogen) atoms. The Morgan fingerprint density at radius 1 is 1.07 bits per heavy atom. The summed E-state index contributed by atoms with van der Waals surface area (Å²) >= 11 is 6.63. The van der Waals surface area contributed by atoms with Crippen molar-refractivity contribution < 1.29 is 4.79 Å². The molecule has 1 saturated heterocycles. The van der Waals surface area contributed by atoms with E-state index in [0.717, 1.165) is 54.3 Å². The quantitative estimate of drug-likeness (QED) is 0.276. The van der Waals surface area contributed by atoms with Crippen LogP contribution in [0.1, 0.15) is 46.7 Å². The Morgan fingerprint density at radius 2 is 1.85 bits per heavy atom. The van der Waals surface area contributed by atoms with Crippen molar-refractivity contribution in [1.82, 2.24) is 19.8 Å². The van der Waals surface area contributed by atoms with Crippen molar-refractivity contribution in [3.05, 3.63) is 124 Å². The highest BCUT2D eigenvalue weighted by atomic mass is 35.5. The Balaban J connectivity index is 1.16. The first-order valence-corrected chi connectivity index (χ1v) is 14.3. The number of nitriles is 1. The molecule has 2 atom stereocenters. The maximum atomic E-state index is 13.2. The van der Waals surface area contributed by atoms with Crippen molar-refractivity contribution in [3.63, 3.8) is 0 Å². The van der Waals surface area contributed by atoms with E-state index in [9.17, 15) is 4.79 Å². The van der Waals surface area contributed by atoms with Crippen LogP contribution < -0.4 is 5.32 Å². The van der Waals surface area contributed by atoms with Gasteiger partial charge in [-0.1, -0.05) is 72.3 Å². The van der Waals surface area contributed by atoms with Crippen molar-refractivity contribution in [3.8, 4) is 6.07 Å². The molecule has 1 amide bonds. The van der Waals surface area contributed by atoms with Gasteiger partial charge in [-0.25, -0.2) is 4.98 Å². The lowest BCUT2D eigenvalue weighted by atomic mass is 9.89. The molecule has 1 aliphatic heterocycles. The molecule has 2 heterocycles. The van der Waals surface area contributed by atoms with Crippen LogP contribution in [0.15, 0.2) is 91.4 Å². The van der Waals surface area contributed by atoms with Gasteiger partial charge in [0.05, 0.1) is 23.9 Å². The molecule has 0 radical (unpaired) electrons. The van der Waals surface area contributed by atoms with Crippen LogP contribution in [-0.4, -0.2) is 46.5 Å². The minimum absolute atomic E-state index is 0.0278. The van der Waals surface area contributed by atoms with Gasteiger partial charge in [0.15, 0.2) is 0 Å². The molecule has 0 spiro atoms. The number of nitrogens with one attached hydrogen (secondary N) is 1. The van der Waals surface area contributed by atoms with Crippen LogP contribution in [0.3, 0.4) is 0 Å². The Hall–Kier alpha value is -3.92. The van der Waals surface area contributed by atoms with Crippen molar-refractivity contribution in [2.75, 3.05) is 26.2 Å². The van der Waals surface area contributed by atoms with Crippen molar-refractivity contribution in [2.24, 2.45) is 5.92 Å². The molecular weight excluding hydrogens is 518 g/mol. The number of hydrogen-bond donors (Lipinski definition) is 1. The fourth-order valence-electron chi connectivity index (χ4n) is 5.56. The summed E-state index contributed by atoms with van der Waals surface area (Å²) < 4.78 is 2.09. The van der Waals surface area contributed by atoms with Crippen LogP contribution >= 0.6 is 11.6 Å². The van der Waals surface area contributed by atoms with Gasteiger partial charge in [-0.3, -0.25) is 4.79 Å². The number of rotatable bonds is 10. The fourth-order valence-corrected chi connectivity index (χ4v) is 5.83. The third kappa shape index (κ3) is 6.98. The van der Waals surface area contributed by atoms with Crippen LogP contribution in [0.25, 0.3) is 0 Å². The summed E-state index contributed by atoms with van der Waals surface area (Å²) in [5, 5.41) is 13.0. The molecule has 7 heteroatoms. The number of benzene rings is 3. The summed E-state index contributed by atoms with van der Waals surface area (Å²) in [6.45, 7) is 3.80. The third-order valence-electron chi connectivity index (χ3n) is 7.71. The Labute approximate surface area is 241 Å². The number of halogens is 1. The zero-order chi connectivity index (χ0) is 27.7. The third-order valence-corrected chi connectivity index (χ3v) is 8.06. The Kier molecular flexibility index (Phi) is 9.28. The number of nitrogens with zero attached hydrogens (tertiary/aromatic N) is 4. The van der Waals surface area contributed by atoms with E-state index in [1.807, 2.05) is 61.1 Å². The Morgan fingerprint density at radius 3 is 2.62 bits per heavy atom. The average Bonchev–Trinajstić information content (AvgIpc) is 3.44. The van der Waals surface area contributed by atoms with Gasteiger partial charge < -0.3 is 14.8 Å². The molecule has 1 aromatic heterocycles. The Bertz CT molecular complexity index is 1440. The number of imidazole rings is 1. The molecule has 3 aromatic carbocycles. The molecule has 1 fully saturated rings. The van der Waals surface area contributed by atoms with Crippen LogP contribution in [0.2, 0.25) is 5.02 Å². The second-order valence-corrected chi connectivity index (χ2v) is 10.9. The summed E-state index contributed by atoms with van der Waals surface area (Å²) in [6, 6.07) is 28.3. The van der Waals surface area contributed by atoms with Crippen molar-refractivity contribution in [1.29, 1.82) is 5.26 Å². The van der Waals surface area contributed by atoms with Gasteiger partial charge in [-0.05, 0) is 54.3 Å². The minimum Gasteiger partial charge on any atom is -0.355 e. The minimum atomic E-state index is -0.0278. The van der Waals surface area contributed by atoms with Crippen LogP contribution in [-0.2, 0) is 17.8 Å². The monoisotopic (exact) mass is 551 g/mol. The van der Waals surface area contributed by atoms with E-state index in [1.54, 1.807) is 0 Å². The molecule has 5 rings (SSSR count). The van der Waals surface area contributed by atoms with E-state index in [-0.39, 0.29) is 17.7 Å². The summed E-state index contributed by atoms with van der Waals surface area (Å²) in [5.74, 6) is 0.241. The van der Waals surface area contributed by atoms with E-state index >= 15 is 0 Å². The molecule has 2 unspecified atom stereocenters. The predicted octanol–water partition coefficient (Wildman–Crippen LogP) is 5.66. The lowest BCUT2D eigenvalue weighted by Crippen LogP contribution is -2.44. The zero-order valence-corrected chi connectivity index (χ0v) is 23.3.